The molecule has 2 rings (SSSR count). The summed E-state index contributed by atoms with van der Waals surface area (Å²) in [4.78, 5) is 11.2. The van der Waals surface area contributed by atoms with Gasteiger partial charge in [0.15, 0.2) is 0 Å². The van der Waals surface area contributed by atoms with E-state index < -0.39 is 0 Å². The Balaban J connectivity index is 2.36. The SMILES string of the molecule is CC(=O)NN(c1ccccc1)c1ccccc1. The first-order valence-corrected chi connectivity index (χ1v) is 5.45. The van der Waals surface area contributed by atoms with E-state index in [1.807, 2.05) is 60.7 Å². The molecule has 0 aromatic heterocycles. The standard InChI is InChI=1S/C14H14N2O/c1-12(17)15-16(13-8-4-2-5-9-13)14-10-6-3-7-11-14/h2-11H,1H3,(H,15,17). The fourth-order valence-corrected chi connectivity index (χ4v) is 1.59. The van der Waals surface area contributed by atoms with Gasteiger partial charge in [0.2, 0.25) is 5.91 Å². The smallest absolute Gasteiger partial charge is 0.235 e. The van der Waals surface area contributed by atoms with Crippen molar-refractivity contribution in [1.82, 2.24) is 5.43 Å². The zero-order valence-corrected chi connectivity index (χ0v) is 9.63. The third kappa shape index (κ3) is 2.84. The van der Waals surface area contributed by atoms with Crippen molar-refractivity contribution in [2.45, 2.75) is 6.92 Å². The van der Waals surface area contributed by atoms with Gasteiger partial charge in [0.1, 0.15) is 0 Å². The van der Waals surface area contributed by atoms with Crippen molar-refractivity contribution < 1.29 is 4.79 Å². The maximum atomic E-state index is 11.2. The summed E-state index contributed by atoms with van der Waals surface area (Å²) in [6, 6.07) is 19.4. The normalized spacial score (nSPS) is 9.71. The number of rotatable bonds is 3. The first kappa shape index (κ1) is 11.2. The summed E-state index contributed by atoms with van der Waals surface area (Å²) in [5, 5.41) is 1.77. The Hall–Kier alpha value is -2.29. The fraction of sp³-hybridized carbons (Fsp3) is 0.0714. The molecule has 0 aliphatic heterocycles. The van der Waals surface area contributed by atoms with Crippen LogP contribution in [0.15, 0.2) is 60.7 Å². The van der Waals surface area contributed by atoms with Crippen LogP contribution in [-0.2, 0) is 4.79 Å². The lowest BCUT2D eigenvalue weighted by atomic mass is 10.2. The number of anilines is 2. The van der Waals surface area contributed by atoms with Crippen molar-refractivity contribution in [3.8, 4) is 0 Å². The van der Waals surface area contributed by atoms with E-state index in [4.69, 9.17) is 0 Å². The van der Waals surface area contributed by atoms with Gasteiger partial charge in [-0.2, -0.15) is 0 Å². The summed E-state index contributed by atoms with van der Waals surface area (Å²) < 4.78 is 0. The maximum Gasteiger partial charge on any atom is 0.235 e. The molecule has 2 aromatic carbocycles. The molecule has 3 heteroatoms. The van der Waals surface area contributed by atoms with Gasteiger partial charge in [-0.05, 0) is 24.3 Å². The molecule has 0 aliphatic rings. The van der Waals surface area contributed by atoms with Gasteiger partial charge in [0.05, 0.1) is 11.4 Å². The van der Waals surface area contributed by atoms with Crippen molar-refractivity contribution in [3.05, 3.63) is 60.7 Å². The second kappa shape index (κ2) is 5.16. The Kier molecular flexibility index (Phi) is 3.40. The zero-order chi connectivity index (χ0) is 12.1. The molecule has 1 amide bonds. The van der Waals surface area contributed by atoms with Crippen LogP contribution in [0.4, 0.5) is 11.4 Å². The van der Waals surface area contributed by atoms with Gasteiger partial charge >= 0.3 is 0 Å². The van der Waals surface area contributed by atoms with Crippen molar-refractivity contribution in [3.63, 3.8) is 0 Å². The van der Waals surface area contributed by atoms with Crippen LogP contribution in [0.25, 0.3) is 0 Å². The van der Waals surface area contributed by atoms with E-state index in [0.29, 0.717) is 0 Å². The first-order chi connectivity index (χ1) is 8.27. The number of amides is 1. The third-order valence-electron chi connectivity index (χ3n) is 2.30. The van der Waals surface area contributed by atoms with E-state index in [1.54, 1.807) is 5.01 Å². The topological polar surface area (TPSA) is 32.3 Å². The van der Waals surface area contributed by atoms with E-state index in [9.17, 15) is 4.79 Å². The van der Waals surface area contributed by atoms with Gasteiger partial charge in [0, 0.05) is 6.92 Å². The number of hydrogen-bond donors (Lipinski definition) is 1. The highest BCUT2D eigenvalue weighted by Crippen LogP contribution is 2.22. The van der Waals surface area contributed by atoms with Gasteiger partial charge in [-0.3, -0.25) is 15.2 Å². The molecule has 3 nitrogen and oxygen atoms in total. The van der Waals surface area contributed by atoms with E-state index in [1.165, 1.54) is 6.92 Å². The lowest BCUT2D eigenvalue weighted by Crippen LogP contribution is -2.37. The number of carbonyl (C=O) groups is 1. The molecule has 2 aromatic rings. The van der Waals surface area contributed by atoms with Crippen LogP contribution in [0.1, 0.15) is 6.92 Å². The molecule has 0 radical (unpaired) electrons. The molecule has 0 saturated heterocycles. The summed E-state index contributed by atoms with van der Waals surface area (Å²) >= 11 is 0. The zero-order valence-electron chi connectivity index (χ0n) is 9.63. The van der Waals surface area contributed by atoms with Crippen LogP contribution in [0.3, 0.4) is 0 Å². The highest BCUT2D eigenvalue weighted by Gasteiger charge is 2.08. The highest BCUT2D eigenvalue weighted by atomic mass is 16.2. The second-order valence-corrected chi connectivity index (χ2v) is 3.67. The average Bonchev–Trinajstić information content (AvgIpc) is 2.38. The minimum absolute atomic E-state index is 0.0993. The number of nitrogens with one attached hydrogen (secondary N) is 1. The Labute approximate surface area is 101 Å². The summed E-state index contributed by atoms with van der Waals surface area (Å²) in [5.41, 5.74) is 4.66. The quantitative estimate of drug-likeness (QED) is 0.816. The number of carbonyl (C=O) groups excluding carboxylic acids is 1. The molecule has 0 bridgehead atoms. The third-order valence-corrected chi connectivity index (χ3v) is 2.30. The van der Waals surface area contributed by atoms with Crippen LogP contribution >= 0.6 is 0 Å². The Morgan fingerprint density at radius 2 is 1.29 bits per heavy atom. The Morgan fingerprint density at radius 1 is 0.882 bits per heavy atom. The molecular formula is C14H14N2O. The molecule has 1 N–H and O–H groups in total. The minimum Gasteiger partial charge on any atom is -0.274 e. The molecule has 0 atom stereocenters. The Morgan fingerprint density at radius 3 is 1.65 bits per heavy atom. The van der Waals surface area contributed by atoms with Crippen LogP contribution < -0.4 is 10.4 Å². The highest BCUT2D eigenvalue weighted by molar-refractivity contribution is 5.78. The maximum absolute atomic E-state index is 11.2. The van der Waals surface area contributed by atoms with E-state index >= 15 is 0 Å². The number of benzene rings is 2. The predicted octanol–water partition coefficient (Wildman–Crippen LogP) is 2.88. The lowest BCUT2D eigenvalue weighted by molar-refractivity contribution is -0.118. The summed E-state index contributed by atoms with van der Waals surface area (Å²) in [6.07, 6.45) is 0. The summed E-state index contributed by atoms with van der Waals surface area (Å²) in [5.74, 6) is -0.0993. The number of nitrogens with zero attached hydrogens (tertiary/aromatic N) is 1. The lowest BCUT2D eigenvalue weighted by Gasteiger charge is -2.24. The predicted molar refractivity (Wildman–Crippen MR) is 68.8 cm³/mol. The molecule has 0 fully saturated rings. The van der Waals surface area contributed by atoms with Crippen molar-refractivity contribution in [2.75, 3.05) is 5.01 Å². The van der Waals surface area contributed by atoms with Gasteiger partial charge < -0.3 is 0 Å². The molecule has 0 spiro atoms. The van der Waals surface area contributed by atoms with Crippen molar-refractivity contribution in [2.24, 2.45) is 0 Å². The van der Waals surface area contributed by atoms with Crippen LogP contribution in [0.2, 0.25) is 0 Å². The van der Waals surface area contributed by atoms with Crippen LogP contribution in [0.5, 0.6) is 0 Å². The molecule has 0 aliphatic carbocycles. The van der Waals surface area contributed by atoms with Gasteiger partial charge in [0.25, 0.3) is 0 Å². The number of para-hydroxylation sites is 2. The van der Waals surface area contributed by atoms with Crippen molar-refractivity contribution >= 4 is 17.3 Å². The number of hydrazine groups is 1. The molecule has 0 unspecified atom stereocenters. The molecule has 17 heavy (non-hydrogen) atoms. The van der Waals surface area contributed by atoms with Gasteiger partial charge in [-0.1, -0.05) is 36.4 Å². The summed E-state index contributed by atoms with van der Waals surface area (Å²) in [6.45, 7) is 1.50. The largest absolute Gasteiger partial charge is 0.274 e. The van der Waals surface area contributed by atoms with Gasteiger partial charge in [-0.15, -0.1) is 0 Å². The Bertz CT molecular complexity index is 443. The van der Waals surface area contributed by atoms with Gasteiger partial charge in [-0.25, -0.2) is 0 Å². The van der Waals surface area contributed by atoms with Crippen LogP contribution in [-0.4, -0.2) is 5.91 Å². The molecule has 0 heterocycles. The average molecular weight is 226 g/mol. The fourth-order valence-electron chi connectivity index (χ4n) is 1.59. The minimum atomic E-state index is -0.0993. The van der Waals surface area contributed by atoms with E-state index in [-0.39, 0.29) is 5.91 Å². The monoisotopic (exact) mass is 226 g/mol. The summed E-state index contributed by atoms with van der Waals surface area (Å²) in [7, 11) is 0. The van der Waals surface area contributed by atoms with E-state index in [2.05, 4.69) is 5.43 Å². The molecule has 0 saturated carbocycles. The van der Waals surface area contributed by atoms with E-state index in [0.717, 1.165) is 11.4 Å². The number of hydrogen-bond acceptors (Lipinski definition) is 2. The van der Waals surface area contributed by atoms with Crippen LogP contribution in [0, 0.1) is 0 Å². The first-order valence-electron chi connectivity index (χ1n) is 5.45. The molecule has 86 valence electrons. The second-order valence-electron chi connectivity index (χ2n) is 3.67. The molecular weight excluding hydrogens is 212 g/mol. The van der Waals surface area contributed by atoms with Crippen molar-refractivity contribution in [1.29, 1.82) is 0 Å².